The zero-order chi connectivity index (χ0) is 26.3. The Morgan fingerprint density at radius 2 is 1.97 bits per heavy atom. The Labute approximate surface area is 225 Å². The molecular weight excluding hydrogens is 506 g/mol. The monoisotopic (exact) mass is 541 g/mol. The van der Waals surface area contributed by atoms with Crippen LogP contribution in [-0.2, 0) is 21.6 Å². The molecule has 2 fully saturated rings. The van der Waals surface area contributed by atoms with Gasteiger partial charge in [-0.2, -0.15) is 4.31 Å². The Balaban J connectivity index is 0.00000185. The lowest BCUT2D eigenvalue weighted by Crippen LogP contribution is -2.34. The van der Waals surface area contributed by atoms with Gasteiger partial charge in [0.05, 0.1) is 35.3 Å². The third kappa shape index (κ3) is 4.57. The molecule has 3 aliphatic rings. The van der Waals surface area contributed by atoms with Crippen LogP contribution in [0.1, 0.15) is 39.7 Å². The number of carbonyl (C=O) groups is 1. The highest BCUT2D eigenvalue weighted by atomic mass is 32.3. The van der Waals surface area contributed by atoms with Crippen molar-refractivity contribution >= 4 is 22.5 Å². The molecule has 0 unspecified atom stereocenters. The number of nitrogens with one attached hydrogen (secondary N) is 1. The molecule has 1 atom stereocenters. The molecule has 1 saturated heterocycles. The highest BCUT2D eigenvalue weighted by Gasteiger charge is 2.51. The molecule has 3 heterocycles. The topological polar surface area (TPSA) is 124 Å². The molecule has 3 aromatic rings. The number of carbonyl (C=O) groups excluding carboxylic acids is 1. The molecule has 0 spiro atoms. The summed E-state index contributed by atoms with van der Waals surface area (Å²) in [6, 6.07) is 18.0. The molecule has 1 aromatic heterocycles. The Morgan fingerprint density at radius 1 is 1.16 bits per heavy atom. The van der Waals surface area contributed by atoms with Crippen molar-refractivity contribution in [1.29, 1.82) is 0 Å². The maximum absolute atomic E-state index is 13.4. The molecule has 6 rings (SSSR count). The van der Waals surface area contributed by atoms with Crippen molar-refractivity contribution in [2.45, 2.75) is 48.6 Å². The van der Waals surface area contributed by atoms with Crippen molar-refractivity contribution in [1.82, 2.24) is 9.29 Å². The maximum Gasteiger partial charge on any atom is 0.236 e. The predicted octanol–water partition coefficient (Wildman–Crippen LogP) is 5.26. The van der Waals surface area contributed by atoms with E-state index in [4.69, 9.17) is 9.47 Å². The molecule has 2 aliphatic heterocycles. The first-order valence-electron chi connectivity index (χ1n) is 12.8. The molecule has 2 aromatic carbocycles. The van der Waals surface area contributed by atoms with E-state index in [-0.39, 0.29) is 28.2 Å². The zero-order valence-corrected chi connectivity index (χ0v) is 21.7. The number of aromatic nitrogens is 1. The van der Waals surface area contributed by atoms with Crippen LogP contribution < -0.4 is 10.1 Å². The average molecular weight is 542 g/mol. The summed E-state index contributed by atoms with van der Waals surface area (Å²) < 4.78 is 34.3. The lowest BCUT2D eigenvalue weighted by molar-refractivity contribution is -0.118. The summed E-state index contributed by atoms with van der Waals surface area (Å²) in [6.07, 6.45) is 3.09. The Kier molecular flexibility index (Phi) is 6.63. The molecule has 0 radical (unpaired) electrons. The van der Waals surface area contributed by atoms with Gasteiger partial charge < -0.3 is 19.9 Å². The lowest BCUT2D eigenvalue weighted by Gasteiger charge is -2.43. The van der Waals surface area contributed by atoms with E-state index in [2.05, 4.69) is 10.3 Å². The minimum absolute atomic E-state index is 0. The van der Waals surface area contributed by atoms with Gasteiger partial charge in [-0.25, -0.2) is 4.98 Å². The van der Waals surface area contributed by atoms with Crippen LogP contribution in [0.5, 0.6) is 5.75 Å². The summed E-state index contributed by atoms with van der Waals surface area (Å²) in [6.45, 7) is 1.14. The van der Waals surface area contributed by atoms with Crippen LogP contribution in [-0.4, -0.2) is 55.4 Å². The number of ether oxygens (including phenoxy) is 2. The summed E-state index contributed by atoms with van der Waals surface area (Å²) in [7, 11) is -3.18. The maximum atomic E-state index is 13.4. The van der Waals surface area contributed by atoms with Crippen molar-refractivity contribution < 1.29 is 31.3 Å². The van der Waals surface area contributed by atoms with Gasteiger partial charge in [0, 0.05) is 20.5 Å². The highest BCUT2D eigenvalue weighted by molar-refractivity contribution is 8.22. The molecule has 1 saturated carbocycles. The fraction of sp³-hybridized carbons (Fsp3) is 0.357. The summed E-state index contributed by atoms with van der Waals surface area (Å²) in [5.41, 5.74) is 2.77. The zero-order valence-electron chi connectivity index (χ0n) is 20.9. The van der Waals surface area contributed by atoms with E-state index in [1.807, 2.05) is 30.3 Å². The van der Waals surface area contributed by atoms with Crippen LogP contribution >= 0.6 is 10.8 Å². The fourth-order valence-electron chi connectivity index (χ4n) is 5.33. The van der Waals surface area contributed by atoms with Crippen LogP contribution in [0.15, 0.2) is 65.6 Å². The molecule has 4 N–H and O–H groups in total. The van der Waals surface area contributed by atoms with E-state index in [1.54, 1.807) is 34.6 Å². The number of nitrogens with zero attached hydrogens (tertiary/aromatic N) is 2. The quantitative estimate of drug-likeness (QED) is 0.319. The van der Waals surface area contributed by atoms with Gasteiger partial charge in [-0.3, -0.25) is 13.9 Å². The Morgan fingerprint density at radius 3 is 2.74 bits per heavy atom. The lowest BCUT2D eigenvalue weighted by atomic mass is 9.93. The molecule has 204 valence electrons. The highest BCUT2D eigenvalue weighted by Crippen LogP contribution is 2.55. The second-order valence-corrected chi connectivity index (χ2v) is 12.0. The minimum atomic E-state index is -3.18. The van der Waals surface area contributed by atoms with E-state index in [0.29, 0.717) is 29.6 Å². The third-order valence-electron chi connectivity index (χ3n) is 7.67. The number of fused-ring (bicyclic) bond motifs is 1. The SMILES string of the molecule is O=C(Nc1cccc(-c2ccc(S(O)(O)N3CCC[C@@H]3CO)cc2)n1)C1(c2ccc3c(c2)COCO3)CC1.[HH].[HH]. The van der Waals surface area contributed by atoms with Gasteiger partial charge in [-0.15, -0.1) is 10.8 Å². The fourth-order valence-corrected chi connectivity index (χ4v) is 7.07. The smallest absolute Gasteiger partial charge is 0.236 e. The molecule has 10 heteroatoms. The van der Waals surface area contributed by atoms with Crippen molar-refractivity contribution in [3.8, 4) is 17.0 Å². The van der Waals surface area contributed by atoms with E-state index >= 15 is 0 Å². The molecular formula is C28H35N3O6S. The van der Waals surface area contributed by atoms with Crippen molar-refractivity contribution in [2.24, 2.45) is 0 Å². The normalized spacial score (nSPS) is 20.9. The van der Waals surface area contributed by atoms with Crippen LogP contribution in [0.3, 0.4) is 0 Å². The van der Waals surface area contributed by atoms with Crippen LogP contribution in [0, 0.1) is 0 Å². The van der Waals surface area contributed by atoms with E-state index in [1.165, 1.54) is 0 Å². The summed E-state index contributed by atoms with van der Waals surface area (Å²) in [5, 5.41) is 12.6. The summed E-state index contributed by atoms with van der Waals surface area (Å²) in [4.78, 5) is 18.4. The number of benzene rings is 2. The van der Waals surface area contributed by atoms with Crippen LogP contribution in [0.2, 0.25) is 0 Å². The molecule has 1 amide bonds. The number of pyridine rings is 1. The van der Waals surface area contributed by atoms with Gasteiger partial charge in [-0.1, -0.05) is 24.3 Å². The molecule has 0 bridgehead atoms. The number of hydrogen-bond donors (Lipinski definition) is 4. The molecule has 1 aliphatic carbocycles. The minimum Gasteiger partial charge on any atom is -0.467 e. The van der Waals surface area contributed by atoms with Gasteiger partial charge in [0.2, 0.25) is 5.91 Å². The van der Waals surface area contributed by atoms with Crippen molar-refractivity contribution in [3.05, 3.63) is 71.8 Å². The first-order valence-corrected chi connectivity index (χ1v) is 14.3. The second-order valence-electron chi connectivity index (χ2n) is 10.0. The average Bonchev–Trinajstić information content (AvgIpc) is 3.62. The summed E-state index contributed by atoms with van der Waals surface area (Å²) in [5.74, 6) is 1.17. The van der Waals surface area contributed by atoms with Crippen molar-refractivity contribution in [2.75, 3.05) is 25.3 Å². The molecule has 9 nitrogen and oxygen atoms in total. The molecule has 38 heavy (non-hydrogen) atoms. The van der Waals surface area contributed by atoms with E-state index in [0.717, 1.165) is 48.1 Å². The van der Waals surface area contributed by atoms with Gasteiger partial charge in [0.25, 0.3) is 0 Å². The van der Waals surface area contributed by atoms with Gasteiger partial charge in [-0.05, 0) is 67.6 Å². The number of rotatable bonds is 7. The number of amides is 1. The number of hydrogen-bond acceptors (Lipinski definition) is 8. The predicted molar refractivity (Wildman–Crippen MR) is 148 cm³/mol. The van der Waals surface area contributed by atoms with Gasteiger partial charge >= 0.3 is 0 Å². The Bertz CT molecular complexity index is 1360. The second kappa shape index (κ2) is 9.96. The van der Waals surface area contributed by atoms with Crippen LogP contribution in [0.4, 0.5) is 5.82 Å². The standard InChI is InChI=1S/C28H31N3O6S.2H2/c32-16-22-3-2-14-31(22)38(34,35)23-9-6-19(7-10-23)24-4-1-5-26(29-24)30-27(33)28(12-13-28)21-8-11-25-20(15-21)17-36-18-37-25;;/h1,4-11,15,22,32,34-35H,2-3,12-14,16-18H2,(H,29,30,33);2*1H/t22-;;/m1../s1. The number of anilines is 1. The van der Waals surface area contributed by atoms with Crippen LogP contribution in [0.25, 0.3) is 11.3 Å². The Hall–Kier alpha value is -2.99. The first kappa shape index (κ1) is 25.3. The summed E-state index contributed by atoms with van der Waals surface area (Å²) >= 11 is 0. The van der Waals surface area contributed by atoms with Gasteiger partial charge in [0.1, 0.15) is 11.6 Å². The largest absolute Gasteiger partial charge is 0.467 e. The third-order valence-corrected chi connectivity index (χ3v) is 9.71. The van der Waals surface area contributed by atoms with Crippen molar-refractivity contribution in [3.63, 3.8) is 0 Å². The number of aliphatic hydroxyl groups excluding tert-OH is 1. The number of aliphatic hydroxyl groups is 1. The van der Waals surface area contributed by atoms with E-state index in [9.17, 15) is 19.0 Å². The van der Waals surface area contributed by atoms with E-state index < -0.39 is 16.2 Å². The first-order chi connectivity index (χ1) is 18.4. The van der Waals surface area contributed by atoms with Gasteiger partial charge in [0.15, 0.2) is 6.79 Å².